The number of hydrogen-bond donors (Lipinski definition) is 1. The Hall–Kier alpha value is -1.10. The molecular weight excluding hydrogens is 286 g/mol. The molecule has 0 bridgehead atoms. The quantitative estimate of drug-likeness (QED) is 0.748. The first kappa shape index (κ1) is 18.2. The average Bonchev–Trinajstić information content (AvgIpc) is 2.54. The Kier molecular flexibility index (Phi) is 7.34. The molecule has 0 aromatic heterocycles. The molecule has 1 aromatic rings. The van der Waals surface area contributed by atoms with E-state index in [9.17, 15) is 0 Å². The Morgan fingerprint density at radius 3 is 2.70 bits per heavy atom. The van der Waals surface area contributed by atoms with Crippen molar-refractivity contribution in [2.75, 3.05) is 46.9 Å². The van der Waals surface area contributed by atoms with Crippen LogP contribution in [0.2, 0.25) is 0 Å². The second-order valence-corrected chi connectivity index (χ2v) is 7.05. The van der Waals surface area contributed by atoms with Crippen LogP contribution < -0.4 is 10.5 Å². The fourth-order valence-electron chi connectivity index (χ4n) is 3.22. The maximum atomic E-state index is 6.09. The number of benzene rings is 1. The molecule has 0 aliphatic carbocycles. The summed E-state index contributed by atoms with van der Waals surface area (Å²) in [5, 5.41) is 0. The van der Waals surface area contributed by atoms with Crippen LogP contribution in [0.4, 0.5) is 0 Å². The molecule has 130 valence electrons. The predicted molar refractivity (Wildman–Crippen MR) is 96.9 cm³/mol. The molecule has 1 atom stereocenters. The van der Waals surface area contributed by atoms with Crippen molar-refractivity contribution < 1.29 is 4.74 Å². The van der Waals surface area contributed by atoms with E-state index >= 15 is 0 Å². The summed E-state index contributed by atoms with van der Waals surface area (Å²) in [7, 11) is 4.18. The zero-order valence-electron chi connectivity index (χ0n) is 15.0. The van der Waals surface area contributed by atoms with Crippen LogP contribution in [-0.4, -0.2) is 56.7 Å². The second-order valence-electron chi connectivity index (χ2n) is 7.05. The molecule has 1 aliphatic rings. The van der Waals surface area contributed by atoms with Crippen LogP contribution in [-0.2, 0) is 0 Å². The highest BCUT2D eigenvalue weighted by Crippen LogP contribution is 2.28. The van der Waals surface area contributed by atoms with Crippen LogP contribution in [0.5, 0.6) is 5.75 Å². The minimum absolute atomic E-state index is 0.313. The van der Waals surface area contributed by atoms with Crippen molar-refractivity contribution in [1.82, 2.24) is 9.80 Å². The molecule has 0 amide bonds. The normalized spacial score (nSPS) is 18.3. The minimum Gasteiger partial charge on any atom is -0.494 e. The first-order chi connectivity index (χ1) is 11.1. The van der Waals surface area contributed by atoms with Gasteiger partial charge in [0.25, 0.3) is 0 Å². The van der Waals surface area contributed by atoms with E-state index in [1.54, 1.807) is 0 Å². The number of nitrogens with two attached hydrogens (primary N) is 1. The predicted octanol–water partition coefficient (Wildman–Crippen LogP) is 2.75. The molecule has 1 aliphatic heterocycles. The molecule has 2 rings (SSSR count). The first-order valence-electron chi connectivity index (χ1n) is 8.91. The third-order valence-electron chi connectivity index (χ3n) is 4.74. The van der Waals surface area contributed by atoms with Gasteiger partial charge in [0.1, 0.15) is 5.75 Å². The number of rotatable bonds is 8. The van der Waals surface area contributed by atoms with Crippen LogP contribution in [0, 0.1) is 5.92 Å². The summed E-state index contributed by atoms with van der Waals surface area (Å²) in [6.45, 7) is 7.12. The highest BCUT2D eigenvalue weighted by molar-refractivity contribution is 5.31. The van der Waals surface area contributed by atoms with Gasteiger partial charge in [-0.05, 0) is 70.1 Å². The van der Waals surface area contributed by atoms with Crippen molar-refractivity contribution in [1.29, 1.82) is 0 Å². The van der Waals surface area contributed by atoms with Crippen molar-refractivity contribution >= 4 is 0 Å². The molecule has 4 heteroatoms. The minimum atomic E-state index is 0.313. The summed E-state index contributed by atoms with van der Waals surface area (Å²) in [6.07, 6.45) is 3.59. The van der Waals surface area contributed by atoms with E-state index in [2.05, 4.69) is 49.0 Å². The van der Waals surface area contributed by atoms with E-state index in [1.165, 1.54) is 18.4 Å². The van der Waals surface area contributed by atoms with Crippen molar-refractivity contribution in [3.8, 4) is 5.75 Å². The SMILES string of the molecule is CC1CCN(C(CN)c2cccc(OCCCN(C)C)c2)CC1. The average molecular weight is 319 g/mol. The van der Waals surface area contributed by atoms with Crippen molar-refractivity contribution in [3.05, 3.63) is 29.8 Å². The molecular formula is C19H33N3O. The standard InChI is InChI=1S/C19H33N3O/c1-16-8-11-22(12-9-16)19(15-20)17-6-4-7-18(14-17)23-13-5-10-21(2)3/h4,6-7,14,16,19H,5,8-13,15,20H2,1-3H3. The molecule has 0 radical (unpaired) electrons. The molecule has 0 saturated carbocycles. The highest BCUT2D eigenvalue weighted by Gasteiger charge is 2.23. The lowest BCUT2D eigenvalue weighted by atomic mass is 9.96. The van der Waals surface area contributed by atoms with Crippen molar-refractivity contribution in [2.45, 2.75) is 32.2 Å². The molecule has 0 spiro atoms. The molecule has 4 nitrogen and oxygen atoms in total. The van der Waals surface area contributed by atoms with Crippen molar-refractivity contribution in [3.63, 3.8) is 0 Å². The van der Waals surface area contributed by atoms with Gasteiger partial charge in [-0.25, -0.2) is 0 Å². The van der Waals surface area contributed by atoms with Crippen LogP contribution in [0.25, 0.3) is 0 Å². The van der Waals surface area contributed by atoms with Gasteiger partial charge in [0, 0.05) is 19.1 Å². The van der Waals surface area contributed by atoms with Crippen LogP contribution in [0.1, 0.15) is 37.8 Å². The fourth-order valence-corrected chi connectivity index (χ4v) is 3.22. The Morgan fingerprint density at radius 2 is 2.04 bits per heavy atom. The Bertz CT molecular complexity index is 456. The van der Waals surface area contributed by atoms with Gasteiger partial charge < -0.3 is 15.4 Å². The largest absolute Gasteiger partial charge is 0.494 e. The monoisotopic (exact) mass is 319 g/mol. The van der Waals surface area contributed by atoms with E-state index < -0.39 is 0 Å². The van der Waals surface area contributed by atoms with Crippen LogP contribution in [0.15, 0.2) is 24.3 Å². The lowest BCUT2D eigenvalue weighted by Gasteiger charge is -2.36. The van der Waals surface area contributed by atoms with Gasteiger partial charge in [-0.3, -0.25) is 4.90 Å². The number of ether oxygens (including phenoxy) is 1. The molecule has 1 heterocycles. The van der Waals surface area contributed by atoms with E-state index in [0.29, 0.717) is 12.6 Å². The van der Waals surface area contributed by atoms with Gasteiger partial charge in [-0.15, -0.1) is 0 Å². The van der Waals surface area contributed by atoms with Gasteiger partial charge in [0.05, 0.1) is 6.61 Å². The van der Waals surface area contributed by atoms with Gasteiger partial charge in [0.2, 0.25) is 0 Å². The third kappa shape index (κ3) is 5.79. The zero-order chi connectivity index (χ0) is 16.7. The Morgan fingerprint density at radius 1 is 1.30 bits per heavy atom. The number of nitrogens with zero attached hydrogens (tertiary/aromatic N) is 2. The zero-order valence-corrected chi connectivity index (χ0v) is 15.0. The van der Waals surface area contributed by atoms with E-state index in [4.69, 9.17) is 10.5 Å². The summed E-state index contributed by atoms with van der Waals surface area (Å²) in [6, 6.07) is 8.80. The number of likely N-dealkylation sites (tertiary alicyclic amines) is 1. The second kappa shape index (κ2) is 9.26. The van der Waals surface area contributed by atoms with Crippen LogP contribution >= 0.6 is 0 Å². The fraction of sp³-hybridized carbons (Fsp3) is 0.684. The molecule has 2 N–H and O–H groups in total. The lowest BCUT2D eigenvalue weighted by Crippen LogP contribution is -2.39. The summed E-state index contributed by atoms with van der Waals surface area (Å²) in [5.74, 6) is 1.81. The van der Waals surface area contributed by atoms with Gasteiger partial charge in [-0.1, -0.05) is 19.1 Å². The van der Waals surface area contributed by atoms with Gasteiger partial charge in [0.15, 0.2) is 0 Å². The van der Waals surface area contributed by atoms with E-state index in [0.717, 1.165) is 44.3 Å². The lowest BCUT2D eigenvalue weighted by molar-refractivity contribution is 0.141. The van der Waals surface area contributed by atoms with E-state index in [1.807, 2.05) is 6.07 Å². The summed E-state index contributed by atoms with van der Waals surface area (Å²) in [5.41, 5.74) is 7.37. The maximum Gasteiger partial charge on any atom is 0.119 e. The highest BCUT2D eigenvalue weighted by atomic mass is 16.5. The number of hydrogen-bond acceptors (Lipinski definition) is 4. The summed E-state index contributed by atoms with van der Waals surface area (Å²) >= 11 is 0. The molecule has 1 fully saturated rings. The molecule has 1 aromatic carbocycles. The maximum absolute atomic E-state index is 6.09. The summed E-state index contributed by atoms with van der Waals surface area (Å²) < 4.78 is 5.91. The molecule has 1 saturated heterocycles. The van der Waals surface area contributed by atoms with Crippen molar-refractivity contribution in [2.24, 2.45) is 11.7 Å². The molecule has 23 heavy (non-hydrogen) atoms. The number of piperidine rings is 1. The Balaban J connectivity index is 1.93. The van der Waals surface area contributed by atoms with Gasteiger partial charge in [-0.2, -0.15) is 0 Å². The summed E-state index contributed by atoms with van der Waals surface area (Å²) in [4.78, 5) is 4.72. The topological polar surface area (TPSA) is 41.7 Å². The van der Waals surface area contributed by atoms with E-state index in [-0.39, 0.29) is 0 Å². The first-order valence-corrected chi connectivity index (χ1v) is 8.91. The Labute approximate surface area is 141 Å². The van der Waals surface area contributed by atoms with Crippen LogP contribution in [0.3, 0.4) is 0 Å². The molecule has 1 unspecified atom stereocenters. The smallest absolute Gasteiger partial charge is 0.119 e. The third-order valence-corrected chi connectivity index (χ3v) is 4.74. The van der Waals surface area contributed by atoms with Gasteiger partial charge >= 0.3 is 0 Å².